The highest BCUT2D eigenvalue weighted by atomic mass is 16.5. The number of carbonyl (C=O) groups is 1. The first-order valence-corrected chi connectivity index (χ1v) is 10.1. The van der Waals surface area contributed by atoms with Crippen LogP contribution in [0.4, 0.5) is 5.69 Å². The SMILES string of the molecule is CCOc1ccc(COc2ccc(NC(=O)c3ccn(COC)n3)cc2)cc1OCC. The summed E-state index contributed by atoms with van der Waals surface area (Å²) in [5.74, 6) is 1.83. The third-order valence-electron chi connectivity index (χ3n) is 4.26. The third kappa shape index (κ3) is 6.23. The maximum Gasteiger partial charge on any atom is 0.276 e. The number of methoxy groups -OCH3 is 1. The lowest BCUT2D eigenvalue weighted by molar-refractivity contribution is 0.101. The Morgan fingerprint density at radius 3 is 2.42 bits per heavy atom. The second kappa shape index (κ2) is 11.0. The Balaban J connectivity index is 1.56. The van der Waals surface area contributed by atoms with E-state index in [1.165, 1.54) is 0 Å². The van der Waals surface area contributed by atoms with E-state index in [0.717, 1.165) is 11.3 Å². The monoisotopic (exact) mass is 425 g/mol. The Bertz CT molecular complexity index is 985. The molecule has 0 saturated heterocycles. The van der Waals surface area contributed by atoms with Gasteiger partial charge < -0.3 is 24.3 Å². The van der Waals surface area contributed by atoms with Crippen LogP contribution in [0.5, 0.6) is 17.2 Å². The first kappa shape index (κ1) is 22.2. The van der Waals surface area contributed by atoms with Crippen LogP contribution < -0.4 is 19.5 Å². The summed E-state index contributed by atoms with van der Waals surface area (Å²) in [5, 5.41) is 6.96. The van der Waals surface area contributed by atoms with Gasteiger partial charge in [-0.15, -0.1) is 0 Å². The Morgan fingerprint density at radius 2 is 1.71 bits per heavy atom. The molecule has 0 aliphatic heterocycles. The molecule has 0 spiro atoms. The van der Waals surface area contributed by atoms with Gasteiger partial charge in [-0.05, 0) is 61.9 Å². The van der Waals surface area contributed by atoms with E-state index in [1.54, 1.807) is 48.3 Å². The average molecular weight is 425 g/mol. The molecule has 8 nitrogen and oxygen atoms in total. The molecule has 1 N–H and O–H groups in total. The molecule has 0 bridgehead atoms. The van der Waals surface area contributed by atoms with Gasteiger partial charge >= 0.3 is 0 Å². The van der Waals surface area contributed by atoms with Crippen molar-refractivity contribution in [2.45, 2.75) is 27.2 Å². The molecular weight excluding hydrogens is 398 g/mol. The van der Waals surface area contributed by atoms with Gasteiger partial charge in [-0.25, -0.2) is 4.68 Å². The topological polar surface area (TPSA) is 83.8 Å². The number of carbonyl (C=O) groups excluding carboxylic acids is 1. The van der Waals surface area contributed by atoms with E-state index in [0.29, 0.717) is 49.4 Å². The number of benzene rings is 2. The summed E-state index contributed by atoms with van der Waals surface area (Å²) < 4.78 is 23.6. The van der Waals surface area contributed by atoms with Gasteiger partial charge in [0, 0.05) is 19.0 Å². The van der Waals surface area contributed by atoms with Crippen molar-refractivity contribution in [3.8, 4) is 17.2 Å². The van der Waals surface area contributed by atoms with Crippen molar-refractivity contribution in [2.24, 2.45) is 0 Å². The van der Waals surface area contributed by atoms with E-state index in [2.05, 4.69) is 10.4 Å². The lowest BCUT2D eigenvalue weighted by atomic mass is 10.2. The van der Waals surface area contributed by atoms with Crippen LogP contribution in [0.25, 0.3) is 0 Å². The molecule has 0 saturated carbocycles. The van der Waals surface area contributed by atoms with Crippen molar-refractivity contribution in [2.75, 3.05) is 25.6 Å². The van der Waals surface area contributed by atoms with Gasteiger partial charge in [-0.3, -0.25) is 4.79 Å². The highest BCUT2D eigenvalue weighted by Gasteiger charge is 2.10. The minimum atomic E-state index is -0.290. The molecule has 0 aliphatic rings. The predicted molar refractivity (Wildman–Crippen MR) is 117 cm³/mol. The quantitative estimate of drug-likeness (QED) is 0.498. The Kier molecular flexibility index (Phi) is 7.89. The van der Waals surface area contributed by atoms with E-state index in [9.17, 15) is 4.79 Å². The number of hydrogen-bond donors (Lipinski definition) is 1. The molecular formula is C23H27N3O5. The van der Waals surface area contributed by atoms with Gasteiger partial charge in [-0.2, -0.15) is 5.10 Å². The largest absolute Gasteiger partial charge is 0.490 e. The Hall–Kier alpha value is -3.52. The first-order valence-electron chi connectivity index (χ1n) is 10.1. The number of ether oxygens (including phenoxy) is 4. The highest BCUT2D eigenvalue weighted by molar-refractivity contribution is 6.02. The number of rotatable bonds is 11. The van der Waals surface area contributed by atoms with E-state index in [4.69, 9.17) is 18.9 Å². The van der Waals surface area contributed by atoms with Crippen LogP contribution in [0, 0.1) is 0 Å². The molecule has 31 heavy (non-hydrogen) atoms. The number of aromatic nitrogens is 2. The van der Waals surface area contributed by atoms with Crippen molar-refractivity contribution in [1.29, 1.82) is 0 Å². The van der Waals surface area contributed by atoms with Crippen LogP contribution in [0.1, 0.15) is 29.9 Å². The van der Waals surface area contributed by atoms with Crippen LogP contribution in [0.15, 0.2) is 54.7 Å². The van der Waals surface area contributed by atoms with Gasteiger partial charge in [0.05, 0.1) is 13.2 Å². The minimum Gasteiger partial charge on any atom is -0.490 e. The zero-order valence-corrected chi connectivity index (χ0v) is 18.0. The highest BCUT2D eigenvalue weighted by Crippen LogP contribution is 2.29. The van der Waals surface area contributed by atoms with Crippen LogP contribution >= 0.6 is 0 Å². The minimum absolute atomic E-state index is 0.290. The van der Waals surface area contributed by atoms with Crippen molar-refractivity contribution in [3.63, 3.8) is 0 Å². The summed E-state index contributed by atoms with van der Waals surface area (Å²) in [6.07, 6.45) is 1.69. The van der Waals surface area contributed by atoms with Gasteiger partial charge in [0.15, 0.2) is 17.2 Å². The number of nitrogens with zero attached hydrogens (tertiary/aromatic N) is 2. The summed E-state index contributed by atoms with van der Waals surface area (Å²) >= 11 is 0. The Morgan fingerprint density at radius 1 is 0.968 bits per heavy atom. The molecule has 1 aromatic heterocycles. The lowest BCUT2D eigenvalue weighted by Crippen LogP contribution is -2.13. The molecule has 0 atom stereocenters. The molecule has 3 rings (SSSR count). The van der Waals surface area contributed by atoms with Crippen molar-refractivity contribution >= 4 is 11.6 Å². The predicted octanol–water partition coefficient (Wildman–Crippen LogP) is 4.12. The maximum absolute atomic E-state index is 12.3. The van der Waals surface area contributed by atoms with Crippen LogP contribution in [-0.4, -0.2) is 36.0 Å². The van der Waals surface area contributed by atoms with Crippen molar-refractivity contribution < 1.29 is 23.7 Å². The Labute approximate surface area is 181 Å². The van der Waals surface area contributed by atoms with Gasteiger partial charge in [-0.1, -0.05) is 6.07 Å². The summed E-state index contributed by atoms with van der Waals surface area (Å²) in [7, 11) is 1.57. The van der Waals surface area contributed by atoms with Gasteiger partial charge in [0.25, 0.3) is 5.91 Å². The van der Waals surface area contributed by atoms with Crippen LogP contribution in [-0.2, 0) is 18.1 Å². The lowest BCUT2D eigenvalue weighted by Gasteiger charge is -2.13. The van der Waals surface area contributed by atoms with E-state index in [-0.39, 0.29) is 5.91 Å². The molecule has 0 fully saturated rings. The first-order chi connectivity index (χ1) is 15.1. The van der Waals surface area contributed by atoms with E-state index < -0.39 is 0 Å². The maximum atomic E-state index is 12.3. The molecule has 1 heterocycles. The fourth-order valence-corrected chi connectivity index (χ4v) is 2.87. The molecule has 8 heteroatoms. The zero-order valence-electron chi connectivity index (χ0n) is 18.0. The standard InChI is InChI=1S/C23H27N3O5/c1-4-29-21-11-6-17(14-22(21)30-5-2)15-31-19-9-7-18(8-10-19)24-23(27)20-12-13-26(25-20)16-28-3/h6-14H,4-5,15-16H2,1-3H3,(H,24,27). The normalized spacial score (nSPS) is 10.5. The third-order valence-corrected chi connectivity index (χ3v) is 4.26. The molecule has 3 aromatic rings. The second-order valence-corrected chi connectivity index (χ2v) is 6.57. The number of anilines is 1. The summed E-state index contributed by atoms with van der Waals surface area (Å²) in [5.41, 5.74) is 1.94. The number of nitrogens with one attached hydrogen (secondary N) is 1. The number of amides is 1. The van der Waals surface area contributed by atoms with Gasteiger partial charge in [0.2, 0.25) is 0 Å². The molecule has 1 amide bonds. The summed E-state index contributed by atoms with van der Waals surface area (Å²) in [4.78, 5) is 12.3. The summed E-state index contributed by atoms with van der Waals surface area (Å²) in [6, 6.07) is 14.6. The van der Waals surface area contributed by atoms with Crippen LogP contribution in [0.2, 0.25) is 0 Å². The van der Waals surface area contributed by atoms with E-state index >= 15 is 0 Å². The smallest absolute Gasteiger partial charge is 0.276 e. The second-order valence-electron chi connectivity index (χ2n) is 6.57. The number of hydrogen-bond acceptors (Lipinski definition) is 6. The fourth-order valence-electron chi connectivity index (χ4n) is 2.87. The van der Waals surface area contributed by atoms with Gasteiger partial charge in [0.1, 0.15) is 19.1 Å². The molecule has 0 unspecified atom stereocenters. The van der Waals surface area contributed by atoms with Crippen LogP contribution in [0.3, 0.4) is 0 Å². The van der Waals surface area contributed by atoms with E-state index in [1.807, 2.05) is 32.0 Å². The molecule has 2 aromatic carbocycles. The fraction of sp³-hybridized carbons (Fsp3) is 0.304. The van der Waals surface area contributed by atoms with Crippen molar-refractivity contribution in [1.82, 2.24) is 9.78 Å². The molecule has 0 radical (unpaired) electrons. The molecule has 164 valence electrons. The van der Waals surface area contributed by atoms with Crippen molar-refractivity contribution in [3.05, 3.63) is 66.0 Å². The molecule has 0 aliphatic carbocycles. The zero-order chi connectivity index (χ0) is 22.1. The summed E-state index contributed by atoms with van der Waals surface area (Å²) in [6.45, 7) is 5.68. The average Bonchev–Trinajstić information content (AvgIpc) is 3.24.